The number of carbonyl (C=O) groups is 1. The molecule has 0 heterocycles. The second kappa shape index (κ2) is 2.77. The molecule has 0 radical (unpaired) electrons. The van der Waals surface area contributed by atoms with Crippen molar-refractivity contribution in [3.8, 4) is 0 Å². The number of hydrogen-bond acceptors (Lipinski definition) is 1. The molecule has 2 saturated carbocycles. The topological polar surface area (TPSA) is 17.1 Å². The van der Waals surface area contributed by atoms with E-state index in [1.165, 1.54) is 30.4 Å². The molecular formula is C15H16O. The first-order chi connectivity index (χ1) is 7.84. The number of fused-ring (bicyclic) bond motifs is 3. The van der Waals surface area contributed by atoms with E-state index in [0.29, 0.717) is 11.7 Å². The summed E-state index contributed by atoms with van der Waals surface area (Å²) in [5.74, 6) is 1.46. The van der Waals surface area contributed by atoms with Crippen LogP contribution in [0.2, 0.25) is 0 Å². The zero-order valence-electron chi connectivity index (χ0n) is 9.41. The van der Waals surface area contributed by atoms with Crippen molar-refractivity contribution in [3.05, 3.63) is 35.4 Å². The molecule has 1 spiro atoms. The molecule has 1 nitrogen and oxygen atoms in total. The average molecular weight is 212 g/mol. The molecule has 2 bridgehead atoms. The molecule has 0 unspecified atom stereocenters. The maximum absolute atomic E-state index is 12.6. The van der Waals surface area contributed by atoms with Gasteiger partial charge in [-0.15, -0.1) is 0 Å². The summed E-state index contributed by atoms with van der Waals surface area (Å²) in [6.07, 6.45) is 6.09. The molecule has 1 aromatic carbocycles. The van der Waals surface area contributed by atoms with Gasteiger partial charge in [0.2, 0.25) is 0 Å². The van der Waals surface area contributed by atoms with Crippen LogP contribution in [0, 0.1) is 5.92 Å². The van der Waals surface area contributed by atoms with Crippen LogP contribution < -0.4 is 0 Å². The molecule has 82 valence electrons. The normalized spacial score (nSPS) is 39.6. The third kappa shape index (κ3) is 0.795. The van der Waals surface area contributed by atoms with Gasteiger partial charge < -0.3 is 0 Å². The van der Waals surface area contributed by atoms with Gasteiger partial charge in [0, 0.05) is 5.92 Å². The number of Topliss-reactive ketones (excluding diaryl/α,β-unsaturated/α-hetero) is 1. The fraction of sp³-hybridized carbons (Fsp3) is 0.533. The Balaban J connectivity index is 1.99. The summed E-state index contributed by atoms with van der Waals surface area (Å²) in [6, 6.07) is 8.58. The highest BCUT2D eigenvalue weighted by atomic mass is 16.1. The molecule has 16 heavy (non-hydrogen) atoms. The largest absolute Gasteiger partial charge is 0.298 e. The Morgan fingerprint density at radius 2 is 2.06 bits per heavy atom. The lowest BCUT2D eigenvalue weighted by molar-refractivity contribution is -0.123. The molecule has 3 atom stereocenters. The molecule has 3 aliphatic rings. The van der Waals surface area contributed by atoms with Gasteiger partial charge in [0.05, 0.1) is 5.41 Å². The molecule has 2 fully saturated rings. The van der Waals surface area contributed by atoms with Crippen molar-refractivity contribution >= 4 is 5.78 Å². The SMILES string of the molecule is O=C1[C@@H]2C[C@@H]3CCCC[C@]13c1ccccc12. The summed E-state index contributed by atoms with van der Waals surface area (Å²) in [7, 11) is 0. The Morgan fingerprint density at radius 3 is 3.00 bits per heavy atom. The fourth-order valence-electron chi connectivity index (χ4n) is 4.55. The van der Waals surface area contributed by atoms with Crippen molar-refractivity contribution in [1.82, 2.24) is 0 Å². The van der Waals surface area contributed by atoms with Crippen molar-refractivity contribution < 1.29 is 4.79 Å². The number of carbonyl (C=O) groups excluding carboxylic acids is 1. The predicted octanol–water partition coefficient (Wildman–Crippen LogP) is 3.18. The van der Waals surface area contributed by atoms with E-state index >= 15 is 0 Å². The number of ketones is 1. The van der Waals surface area contributed by atoms with Crippen molar-refractivity contribution in [2.24, 2.45) is 5.92 Å². The lowest BCUT2D eigenvalue weighted by Crippen LogP contribution is -2.38. The second-order valence-electron chi connectivity index (χ2n) is 5.65. The van der Waals surface area contributed by atoms with Crippen LogP contribution in [-0.4, -0.2) is 5.78 Å². The lowest BCUT2D eigenvalue weighted by atomic mass is 9.64. The predicted molar refractivity (Wildman–Crippen MR) is 62.4 cm³/mol. The van der Waals surface area contributed by atoms with E-state index in [1.807, 2.05) is 0 Å². The van der Waals surface area contributed by atoms with Crippen LogP contribution in [0.4, 0.5) is 0 Å². The molecule has 4 rings (SSSR count). The van der Waals surface area contributed by atoms with Gasteiger partial charge in [0.15, 0.2) is 5.78 Å². The Morgan fingerprint density at radius 1 is 1.19 bits per heavy atom. The molecule has 1 aromatic rings. The van der Waals surface area contributed by atoms with E-state index in [9.17, 15) is 4.79 Å². The number of hydrogen-bond donors (Lipinski definition) is 0. The lowest BCUT2D eigenvalue weighted by Gasteiger charge is -2.38. The third-order valence-electron chi connectivity index (χ3n) is 5.16. The van der Waals surface area contributed by atoms with Crippen LogP contribution in [0.5, 0.6) is 0 Å². The Kier molecular flexibility index (Phi) is 1.55. The van der Waals surface area contributed by atoms with E-state index in [-0.39, 0.29) is 11.3 Å². The molecule has 0 N–H and O–H groups in total. The summed E-state index contributed by atoms with van der Waals surface area (Å²) in [5.41, 5.74) is 2.70. The van der Waals surface area contributed by atoms with Crippen LogP contribution in [0.3, 0.4) is 0 Å². The smallest absolute Gasteiger partial charge is 0.151 e. The molecular weight excluding hydrogens is 196 g/mol. The van der Waals surface area contributed by atoms with Crippen LogP contribution in [0.1, 0.15) is 49.1 Å². The van der Waals surface area contributed by atoms with Gasteiger partial charge in [-0.2, -0.15) is 0 Å². The highest BCUT2D eigenvalue weighted by Crippen LogP contribution is 2.62. The maximum atomic E-state index is 12.6. The molecule has 0 aromatic heterocycles. The third-order valence-corrected chi connectivity index (χ3v) is 5.16. The minimum absolute atomic E-state index is 0.0422. The molecule has 0 amide bonds. The molecule has 0 saturated heterocycles. The van der Waals surface area contributed by atoms with E-state index in [4.69, 9.17) is 0 Å². The second-order valence-corrected chi connectivity index (χ2v) is 5.65. The van der Waals surface area contributed by atoms with Crippen molar-refractivity contribution in [1.29, 1.82) is 0 Å². The summed E-state index contributed by atoms with van der Waals surface area (Å²) in [6.45, 7) is 0. The standard InChI is InChI=1S/C15H16O/c16-14-12-9-10-5-3-4-8-15(10,14)13-7-2-1-6-11(12)13/h1-2,6-7,10,12H,3-5,8-9H2/t10-,12+,15-/m0/s1. The summed E-state index contributed by atoms with van der Waals surface area (Å²) >= 11 is 0. The van der Waals surface area contributed by atoms with Gasteiger partial charge >= 0.3 is 0 Å². The summed E-state index contributed by atoms with van der Waals surface area (Å²) < 4.78 is 0. The van der Waals surface area contributed by atoms with Crippen LogP contribution in [0.15, 0.2) is 24.3 Å². The molecule has 1 heteroatoms. The zero-order chi connectivity index (χ0) is 10.8. The minimum Gasteiger partial charge on any atom is -0.298 e. The van der Waals surface area contributed by atoms with Gasteiger partial charge in [0.1, 0.15) is 0 Å². The van der Waals surface area contributed by atoms with Crippen LogP contribution in [-0.2, 0) is 10.2 Å². The molecule has 0 aliphatic heterocycles. The highest BCUT2D eigenvalue weighted by Gasteiger charge is 2.61. The van der Waals surface area contributed by atoms with Gasteiger partial charge in [-0.3, -0.25) is 4.79 Å². The summed E-state index contributed by atoms with van der Waals surface area (Å²) in [5, 5.41) is 0. The van der Waals surface area contributed by atoms with E-state index in [2.05, 4.69) is 24.3 Å². The first-order valence-electron chi connectivity index (χ1n) is 6.48. The minimum atomic E-state index is -0.0422. The van der Waals surface area contributed by atoms with E-state index < -0.39 is 0 Å². The van der Waals surface area contributed by atoms with Gasteiger partial charge in [0.25, 0.3) is 0 Å². The van der Waals surface area contributed by atoms with Crippen molar-refractivity contribution in [3.63, 3.8) is 0 Å². The zero-order valence-corrected chi connectivity index (χ0v) is 9.41. The van der Waals surface area contributed by atoms with Crippen LogP contribution >= 0.6 is 0 Å². The van der Waals surface area contributed by atoms with E-state index in [0.717, 1.165) is 12.8 Å². The average Bonchev–Trinajstić information content (AvgIpc) is 2.76. The monoisotopic (exact) mass is 212 g/mol. The van der Waals surface area contributed by atoms with Crippen molar-refractivity contribution in [2.45, 2.75) is 43.4 Å². The Hall–Kier alpha value is -1.11. The van der Waals surface area contributed by atoms with E-state index in [1.54, 1.807) is 0 Å². The summed E-state index contributed by atoms with van der Waals surface area (Å²) in [4.78, 5) is 12.6. The quantitative estimate of drug-likeness (QED) is 0.645. The van der Waals surface area contributed by atoms with Gasteiger partial charge in [-0.05, 0) is 36.3 Å². The molecule has 3 aliphatic carbocycles. The fourth-order valence-corrected chi connectivity index (χ4v) is 4.55. The Bertz CT molecular complexity index is 476. The highest BCUT2D eigenvalue weighted by molar-refractivity contribution is 6.03. The number of rotatable bonds is 0. The van der Waals surface area contributed by atoms with Gasteiger partial charge in [-0.25, -0.2) is 0 Å². The first kappa shape index (κ1) is 8.98. The first-order valence-corrected chi connectivity index (χ1v) is 6.48. The Labute approximate surface area is 95.9 Å². The maximum Gasteiger partial charge on any atom is 0.151 e. The van der Waals surface area contributed by atoms with Crippen LogP contribution in [0.25, 0.3) is 0 Å². The van der Waals surface area contributed by atoms with Crippen molar-refractivity contribution in [2.75, 3.05) is 0 Å². The number of benzene rings is 1. The van der Waals surface area contributed by atoms with Gasteiger partial charge in [-0.1, -0.05) is 37.1 Å².